The number of rotatable bonds is 4. The molecule has 0 N–H and O–H groups in total. The summed E-state index contributed by atoms with van der Waals surface area (Å²) in [6, 6.07) is 3.41. The minimum Gasteiger partial charge on any atom is -0.490 e. The molecular formula is C11H13FO5S. The molecular weight excluding hydrogens is 263 g/mol. The van der Waals surface area contributed by atoms with E-state index in [1.807, 2.05) is 0 Å². The molecule has 1 aromatic rings. The summed E-state index contributed by atoms with van der Waals surface area (Å²) in [7, 11) is -3.83. The summed E-state index contributed by atoms with van der Waals surface area (Å²) in [6.07, 6.45) is -0.325. The number of carbonyl (C=O) groups excluding carboxylic acids is 1. The van der Waals surface area contributed by atoms with Gasteiger partial charge in [-0.15, -0.1) is 3.89 Å². The maximum absolute atomic E-state index is 13.1. The lowest BCUT2D eigenvalue weighted by Gasteiger charge is -2.12. The largest absolute Gasteiger partial charge is 0.490 e. The van der Waals surface area contributed by atoms with Gasteiger partial charge in [-0.05, 0) is 32.0 Å². The Bertz CT molecular complexity index is 551. The van der Waals surface area contributed by atoms with Gasteiger partial charge in [0.25, 0.3) is 0 Å². The van der Waals surface area contributed by atoms with Gasteiger partial charge in [0.15, 0.2) is 0 Å². The first kappa shape index (κ1) is 14.4. The van der Waals surface area contributed by atoms with E-state index in [2.05, 4.69) is 4.74 Å². The van der Waals surface area contributed by atoms with Crippen molar-refractivity contribution in [3.63, 3.8) is 0 Å². The fourth-order valence-electron chi connectivity index (χ4n) is 1.29. The number of hydrogen-bond donors (Lipinski definition) is 0. The van der Waals surface area contributed by atoms with Crippen molar-refractivity contribution in [2.24, 2.45) is 0 Å². The Hall–Kier alpha value is -1.63. The SMILES string of the molecule is COC(=O)c1ccc(OC(C)C)c(S(=O)(=O)F)c1. The maximum atomic E-state index is 13.1. The van der Waals surface area contributed by atoms with E-state index in [0.29, 0.717) is 0 Å². The third-order valence-corrected chi connectivity index (χ3v) is 2.83. The van der Waals surface area contributed by atoms with Crippen LogP contribution in [0.15, 0.2) is 23.1 Å². The maximum Gasteiger partial charge on any atom is 0.337 e. The van der Waals surface area contributed by atoms with E-state index >= 15 is 0 Å². The van der Waals surface area contributed by atoms with E-state index in [1.54, 1.807) is 13.8 Å². The highest BCUT2D eigenvalue weighted by Gasteiger charge is 2.22. The minimum atomic E-state index is -4.98. The molecule has 18 heavy (non-hydrogen) atoms. The third kappa shape index (κ3) is 3.43. The minimum absolute atomic E-state index is 0.0650. The molecule has 0 unspecified atom stereocenters. The number of benzene rings is 1. The van der Waals surface area contributed by atoms with E-state index in [-0.39, 0.29) is 17.4 Å². The predicted octanol–water partition coefficient (Wildman–Crippen LogP) is 1.92. The molecule has 0 radical (unpaired) electrons. The van der Waals surface area contributed by atoms with Gasteiger partial charge in [-0.2, -0.15) is 8.42 Å². The smallest absolute Gasteiger partial charge is 0.337 e. The first-order chi connectivity index (χ1) is 8.25. The molecule has 5 nitrogen and oxygen atoms in total. The van der Waals surface area contributed by atoms with Gasteiger partial charge in [-0.3, -0.25) is 0 Å². The van der Waals surface area contributed by atoms with Crippen LogP contribution in [-0.2, 0) is 15.0 Å². The first-order valence-electron chi connectivity index (χ1n) is 5.09. The van der Waals surface area contributed by atoms with E-state index in [1.165, 1.54) is 12.1 Å². The summed E-state index contributed by atoms with van der Waals surface area (Å²) in [5.74, 6) is -0.892. The van der Waals surface area contributed by atoms with Crippen molar-refractivity contribution in [3.8, 4) is 5.75 Å². The Morgan fingerprint density at radius 2 is 1.94 bits per heavy atom. The second kappa shape index (κ2) is 5.34. The summed E-state index contributed by atoms with van der Waals surface area (Å²) >= 11 is 0. The van der Waals surface area contributed by atoms with Crippen LogP contribution >= 0.6 is 0 Å². The van der Waals surface area contributed by atoms with Crippen molar-refractivity contribution in [2.45, 2.75) is 24.8 Å². The van der Waals surface area contributed by atoms with E-state index in [0.717, 1.165) is 13.2 Å². The monoisotopic (exact) mass is 276 g/mol. The molecule has 0 aliphatic carbocycles. The number of carbonyl (C=O) groups is 1. The van der Waals surface area contributed by atoms with Gasteiger partial charge in [0.1, 0.15) is 10.6 Å². The molecule has 0 spiro atoms. The highest BCUT2D eigenvalue weighted by Crippen LogP contribution is 2.28. The van der Waals surface area contributed by atoms with Gasteiger partial charge in [-0.25, -0.2) is 4.79 Å². The molecule has 100 valence electrons. The van der Waals surface area contributed by atoms with Crippen LogP contribution in [0.4, 0.5) is 3.89 Å². The van der Waals surface area contributed by atoms with Crippen LogP contribution in [0.2, 0.25) is 0 Å². The average molecular weight is 276 g/mol. The second-order valence-electron chi connectivity index (χ2n) is 3.76. The molecule has 7 heteroatoms. The van der Waals surface area contributed by atoms with Gasteiger partial charge in [0.05, 0.1) is 18.8 Å². The summed E-state index contributed by atoms with van der Waals surface area (Å²) in [4.78, 5) is 10.6. The molecule has 0 bridgehead atoms. The van der Waals surface area contributed by atoms with Gasteiger partial charge in [0.2, 0.25) is 0 Å². The van der Waals surface area contributed by atoms with Crippen LogP contribution < -0.4 is 4.74 Å². The lowest BCUT2D eigenvalue weighted by Crippen LogP contribution is -2.10. The fourth-order valence-corrected chi connectivity index (χ4v) is 1.92. The molecule has 0 saturated carbocycles. The third-order valence-electron chi connectivity index (χ3n) is 1.99. The lowest BCUT2D eigenvalue weighted by molar-refractivity contribution is 0.0600. The number of esters is 1. The van der Waals surface area contributed by atoms with Crippen LogP contribution in [0.25, 0.3) is 0 Å². The first-order valence-corrected chi connectivity index (χ1v) is 6.47. The highest BCUT2D eigenvalue weighted by atomic mass is 32.3. The molecule has 0 aliphatic heterocycles. The number of hydrogen-bond acceptors (Lipinski definition) is 5. The molecule has 0 saturated heterocycles. The lowest BCUT2D eigenvalue weighted by atomic mass is 10.2. The van der Waals surface area contributed by atoms with Crippen molar-refractivity contribution >= 4 is 16.2 Å². The van der Waals surface area contributed by atoms with Crippen molar-refractivity contribution in [2.75, 3.05) is 7.11 Å². The Kier molecular flexibility index (Phi) is 4.28. The summed E-state index contributed by atoms with van der Waals surface area (Å²) < 4.78 is 44.7. The summed E-state index contributed by atoms with van der Waals surface area (Å²) in [6.45, 7) is 3.34. The van der Waals surface area contributed by atoms with Crippen molar-refractivity contribution in [1.29, 1.82) is 0 Å². The van der Waals surface area contributed by atoms with Crippen LogP contribution in [0.1, 0.15) is 24.2 Å². The molecule has 0 amide bonds. The molecule has 1 aromatic carbocycles. The molecule has 1 rings (SSSR count). The Labute approximate surface area is 105 Å². The molecule has 0 aromatic heterocycles. The quantitative estimate of drug-likeness (QED) is 0.620. The fraction of sp³-hybridized carbons (Fsp3) is 0.364. The van der Waals surface area contributed by atoms with Crippen LogP contribution in [0, 0.1) is 0 Å². The van der Waals surface area contributed by atoms with Crippen LogP contribution in [-0.4, -0.2) is 27.6 Å². The molecule has 0 atom stereocenters. The highest BCUT2D eigenvalue weighted by molar-refractivity contribution is 7.86. The summed E-state index contributed by atoms with van der Waals surface area (Å²) in [5, 5.41) is 0. The Balaban J connectivity index is 3.34. The molecule has 0 fully saturated rings. The zero-order chi connectivity index (χ0) is 13.9. The molecule has 0 heterocycles. The van der Waals surface area contributed by atoms with E-state index in [9.17, 15) is 17.1 Å². The van der Waals surface area contributed by atoms with Crippen molar-refractivity contribution in [1.82, 2.24) is 0 Å². The normalized spacial score (nSPS) is 11.4. The van der Waals surface area contributed by atoms with Gasteiger partial charge >= 0.3 is 16.2 Å². The van der Waals surface area contributed by atoms with Gasteiger partial charge in [0, 0.05) is 0 Å². The number of methoxy groups -OCH3 is 1. The second-order valence-corrected chi connectivity index (χ2v) is 5.07. The predicted molar refractivity (Wildman–Crippen MR) is 61.8 cm³/mol. The van der Waals surface area contributed by atoms with Gasteiger partial charge in [-0.1, -0.05) is 0 Å². The zero-order valence-electron chi connectivity index (χ0n) is 10.1. The average Bonchev–Trinajstić information content (AvgIpc) is 2.26. The Morgan fingerprint density at radius 1 is 1.33 bits per heavy atom. The topological polar surface area (TPSA) is 69.7 Å². The van der Waals surface area contributed by atoms with Crippen molar-refractivity contribution in [3.05, 3.63) is 23.8 Å². The number of ether oxygens (including phenoxy) is 2. The molecule has 0 aliphatic rings. The number of halogens is 1. The van der Waals surface area contributed by atoms with Gasteiger partial charge < -0.3 is 9.47 Å². The zero-order valence-corrected chi connectivity index (χ0v) is 11.0. The Morgan fingerprint density at radius 3 is 2.39 bits per heavy atom. The van der Waals surface area contributed by atoms with E-state index < -0.39 is 21.1 Å². The van der Waals surface area contributed by atoms with Crippen LogP contribution in [0.5, 0.6) is 5.75 Å². The van der Waals surface area contributed by atoms with E-state index in [4.69, 9.17) is 4.74 Å². The summed E-state index contributed by atoms with van der Waals surface area (Å²) in [5.41, 5.74) is -0.0650. The van der Waals surface area contributed by atoms with Crippen LogP contribution in [0.3, 0.4) is 0 Å². The standard InChI is InChI=1S/C11H13FO5S/c1-7(2)17-9-5-4-8(11(13)16-3)6-10(9)18(12,14)15/h4-7H,1-3H3. The van der Waals surface area contributed by atoms with Crippen molar-refractivity contribution < 1.29 is 26.6 Å².